The van der Waals surface area contributed by atoms with Crippen molar-refractivity contribution in [3.8, 4) is 0 Å². The van der Waals surface area contributed by atoms with E-state index in [9.17, 15) is 13.2 Å². The fourth-order valence-electron chi connectivity index (χ4n) is 5.15. The summed E-state index contributed by atoms with van der Waals surface area (Å²) in [5.74, 6) is 0.822. The lowest BCUT2D eigenvalue weighted by atomic mass is 9.69. The normalized spacial score (nSPS) is 40.3. The van der Waals surface area contributed by atoms with Gasteiger partial charge >= 0.3 is 0 Å². The Kier molecular flexibility index (Phi) is 3.26. The quantitative estimate of drug-likeness (QED) is 0.805. The summed E-state index contributed by atoms with van der Waals surface area (Å²) in [5, 5.41) is 0. The maximum absolute atomic E-state index is 12.7. The first-order valence-electron chi connectivity index (χ1n) is 8.20. The zero-order valence-electron chi connectivity index (χ0n) is 13.6. The molecular weight excluding hydrogens is 286 g/mol. The number of carbonyl (C=O) groups is 1. The van der Waals surface area contributed by atoms with Gasteiger partial charge < -0.3 is 0 Å². The van der Waals surface area contributed by atoms with E-state index in [2.05, 4.69) is 13.8 Å². The van der Waals surface area contributed by atoms with Crippen LogP contribution in [0, 0.1) is 22.7 Å². The summed E-state index contributed by atoms with van der Waals surface area (Å²) in [6, 6.07) is -0.0761. The molecule has 1 amide bonds. The molecule has 0 N–H and O–H groups in total. The highest BCUT2D eigenvalue weighted by Crippen LogP contribution is 2.70. The summed E-state index contributed by atoms with van der Waals surface area (Å²) in [6.07, 6.45) is 4.21. The number of hydrogen-bond donors (Lipinski definition) is 0. The van der Waals surface area contributed by atoms with Crippen LogP contribution in [0.15, 0.2) is 0 Å². The van der Waals surface area contributed by atoms with E-state index in [1.807, 2.05) is 13.8 Å². The molecule has 120 valence electrons. The van der Waals surface area contributed by atoms with Gasteiger partial charge in [0.15, 0.2) is 0 Å². The SMILES string of the molecule is CC[C@H](C)CC(=O)N1[C@@H]2C[C@H]3CC[C@]2(CS1(=O)=O)C3(C)C. The highest BCUT2D eigenvalue weighted by molar-refractivity contribution is 7.90. The second-order valence-corrected chi connectivity index (χ2v) is 9.87. The molecule has 3 aliphatic rings. The second kappa shape index (κ2) is 4.46. The zero-order valence-corrected chi connectivity index (χ0v) is 14.4. The lowest BCUT2D eigenvalue weighted by Gasteiger charge is -2.37. The van der Waals surface area contributed by atoms with Gasteiger partial charge in [0.1, 0.15) is 0 Å². The number of rotatable bonds is 3. The molecule has 1 aliphatic heterocycles. The maximum atomic E-state index is 12.7. The van der Waals surface area contributed by atoms with Gasteiger partial charge in [-0.3, -0.25) is 4.79 Å². The Morgan fingerprint density at radius 3 is 2.62 bits per heavy atom. The lowest BCUT2D eigenvalue weighted by molar-refractivity contribution is -0.129. The third kappa shape index (κ3) is 1.85. The molecule has 2 aliphatic carbocycles. The Balaban J connectivity index is 1.95. The molecule has 1 saturated heterocycles. The molecule has 5 heteroatoms. The van der Waals surface area contributed by atoms with Crippen LogP contribution in [0.25, 0.3) is 0 Å². The molecule has 1 spiro atoms. The van der Waals surface area contributed by atoms with Crippen molar-refractivity contribution in [3.63, 3.8) is 0 Å². The van der Waals surface area contributed by atoms with Gasteiger partial charge in [-0.05, 0) is 36.5 Å². The Morgan fingerprint density at radius 1 is 1.38 bits per heavy atom. The first-order valence-corrected chi connectivity index (χ1v) is 9.81. The molecule has 0 aromatic heterocycles. The largest absolute Gasteiger partial charge is 0.274 e. The van der Waals surface area contributed by atoms with Crippen molar-refractivity contribution >= 4 is 15.9 Å². The molecule has 2 bridgehead atoms. The third-order valence-electron chi connectivity index (χ3n) is 6.88. The predicted octanol–water partition coefficient (Wildman–Crippen LogP) is 2.79. The highest BCUT2D eigenvalue weighted by atomic mass is 32.2. The molecule has 4 atom stereocenters. The molecule has 21 heavy (non-hydrogen) atoms. The van der Waals surface area contributed by atoms with E-state index in [0.29, 0.717) is 12.3 Å². The fourth-order valence-corrected chi connectivity index (χ4v) is 7.71. The molecular formula is C16H27NO3S. The van der Waals surface area contributed by atoms with Crippen molar-refractivity contribution in [1.82, 2.24) is 4.31 Å². The second-order valence-electron chi connectivity index (χ2n) is 8.03. The van der Waals surface area contributed by atoms with Gasteiger partial charge in [-0.2, -0.15) is 0 Å². The van der Waals surface area contributed by atoms with Crippen LogP contribution >= 0.6 is 0 Å². The third-order valence-corrected chi connectivity index (χ3v) is 8.81. The number of nitrogens with zero attached hydrogens (tertiary/aromatic N) is 1. The van der Waals surface area contributed by atoms with Crippen LogP contribution in [0.5, 0.6) is 0 Å². The summed E-state index contributed by atoms with van der Waals surface area (Å²) < 4.78 is 26.6. The molecule has 3 rings (SSSR count). The van der Waals surface area contributed by atoms with Crippen molar-refractivity contribution in [2.75, 3.05) is 5.75 Å². The van der Waals surface area contributed by atoms with E-state index in [1.54, 1.807) is 0 Å². The summed E-state index contributed by atoms with van der Waals surface area (Å²) in [5.41, 5.74) is -0.155. The minimum absolute atomic E-state index is 0.0378. The minimum atomic E-state index is -3.43. The number of hydrogen-bond acceptors (Lipinski definition) is 3. The van der Waals surface area contributed by atoms with Gasteiger partial charge in [0.25, 0.3) is 0 Å². The van der Waals surface area contributed by atoms with Gasteiger partial charge in [-0.15, -0.1) is 0 Å². The lowest BCUT2D eigenvalue weighted by Crippen LogP contribution is -2.44. The number of fused-ring (bicyclic) bond motifs is 1. The van der Waals surface area contributed by atoms with E-state index in [-0.39, 0.29) is 34.4 Å². The average molecular weight is 313 g/mol. The number of carbonyl (C=O) groups excluding carboxylic acids is 1. The first-order chi connectivity index (χ1) is 9.65. The average Bonchev–Trinajstić information content (AvgIpc) is 2.84. The fraction of sp³-hybridized carbons (Fsp3) is 0.938. The van der Waals surface area contributed by atoms with Crippen LogP contribution in [0.2, 0.25) is 0 Å². The number of amides is 1. The molecule has 3 fully saturated rings. The Bertz CT molecular complexity index is 568. The topological polar surface area (TPSA) is 54.5 Å². The van der Waals surface area contributed by atoms with Gasteiger partial charge in [0, 0.05) is 11.8 Å². The van der Waals surface area contributed by atoms with Crippen molar-refractivity contribution < 1.29 is 13.2 Å². The zero-order chi connectivity index (χ0) is 15.6. The predicted molar refractivity (Wildman–Crippen MR) is 82.0 cm³/mol. The summed E-state index contributed by atoms with van der Waals surface area (Å²) >= 11 is 0. The Morgan fingerprint density at radius 2 is 2.05 bits per heavy atom. The minimum Gasteiger partial charge on any atom is -0.274 e. The van der Waals surface area contributed by atoms with E-state index in [4.69, 9.17) is 0 Å². The van der Waals surface area contributed by atoms with Crippen molar-refractivity contribution in [1.29, 1.82) is 0 Å². The van der Waals surface area contributed by atoms with Crippen LogP contribution in [0.4, 0.5) is 0 Å². The highest BCUT2D eigenvalue weighted by Gasteiger charge is 2.72. The first kappa shape index (κ1) is 15.3. The van der Waals surface area contributed by atoms with Crippen LogP contribution in [-0.4, -0.2) is 30.4 Å². The molecule has 2 saturated carbocycles. The van der Waals surface area contributed by atoms with Crippen LogP contribution in [-0.2, 0) is 14.8 Å². The van der Waals surface area contributed by atoms with Crippen LogP contribution in [0.1, 0.15) is 59.8 Å². The molecule has 0 radical (unpaired) electrons. The standard InChI is InChI=1S/C16H27NO3S/c1-5-11(2)8-14(18)17-13-9-12-6-7-16(13,15(12,3)4)10-21(17,19)20/h11-13H,5-10H2,1-4H3/t11-,12+,13+,16+/m0/s1. The monoisotopic (exact) mass is 313 g/mol. The Hall–Kier alpha value is -0.580. The molecule has 0 aromatic rings. The maximum Gasteiger partial charge on any atom is 0.238 e. The Labute approximate surface area is 128 Å². The van der Waals surface area contributed by atoms with Gasteiger partial charge in [0.2, 0.25) is 15.9 Å². The van der Waals surface area contributed by atoms with E-state index >= 15 is 0 Å². The molecule has 0 unspecified atom stereocenters. The van der Waals surface area contributed by atoms with Gasteiger partial charge in [-0.1, -0.05) is 34.1 Å². The summed E-state index contributed by atoms with van der Waals surface area (Å²) in [7, 11) is -3.43. The van der Waals surface area contributed by atoms with E-state index < -0.39 is 10.0 Å². The van der Waals surface area contributed by atoms with Gasteiger partial charge in [0.05, 0.1) is 11.8 Å². The van der Waals surface area contributed by atoms with Crippen molar-refractivity contribution in [2.24, 2.45) is 22.7 Å². The van der Waals surface area contributed by atoms with Crippen molar-refractivity contribution in [2.45, 2.75) is 65.8 Å². The van der Waals surface area contributed by atoms with E-state index in [0.717, 1.165) is 25.7 Å². The van der Waals surface area contributed by atoms with E-state index in [1.165, 1.54) is 4.31 Å². The van der Waals surface area contributed by atoms with Crippen LogP contribution < -0.4 is 0 Å². The van der Waals surface area contributed by atoms with Crippen LogP contribution in [0.3, 0.4) is 0 Å². The molecule has 1 heterocycles. The number of sulfonamides is 1. The smallest absolute Gasteiger partial charge is 0.238 e. The summed E-state index contributed by atoms with van der Waals surface area (Å²) in [4.78, 5) is 12.6. The summed E-state index contributed by atoms with van der Waals surface area (Å²) in [6.45, 7) is 8.48. The molecule has 4 nitrogen and oxygen atoms in total. The van der Waals surface area contributed by atoms with Gasteiger partial charge in [-0.25, -0.2) is 12.7 Å². The molecule has 0 aromatic carbocycles. The van der Waals surface area contributed by atoms with Crippen molar-refractivity contribution in [3.05, 3.63) is 0 Å².